The summed E-state index contributed by atoms with van der Waals surface area (Å²) in [7, 11) is 0. The predicted molar refractivity (Wildman–Crippen MR) is 111 cm³/mol. The monoisotopic (exact) mass is 391 g/mol. The molecule has 0 aliphatic rings. The second-order valence-electron chi connectivity index (χ2n) is 6.55. The Hall–Kier alpha value is -3.67. The van der Waals surface area contributed by atoms with Crippen LogP contribution < -0.4 is 16.0 Å². The van der Waals surface area contributed by atoms with Crippen LogP contribution >= 0.6 is 0 Å². The van der Waals surface area contributed by atoms with Crippen LogP contribution in [0.1, 0.15) is 11.1 Å². The van der Waals surface area contributed by atoms with Crippen molar-refractivity contribution < 1.29 is 14.0 Å². The first kappa shape index (κ1) is 20.1. The fraction of sp³-hybridized carbons (Fsp3) is 0.130. The van der Waals surface area contributed by atoms with Gasteiger partial charge in [0.1, 0.15) is 11.9 Å². The summed E-state index contributed by atoms with van der Waals surface area (Å²) in [5, 5.41) is 8.10. The van der Waals surface area contributed by atoms with E-state index in [1.807, 2.05) is 60.7 Å². The second-order valence-corrected chi connectivity index (χ2v) is 6.55. The Kier molecular flexibility index (Phi) is 6.95. The number of amides is 3. The minimum Gasteiger partial charge on any atom is -0.350 e. The van der Waals surface area contributed by atoms with Crippen LogP contribution in [-0.2, 0) is 17.8 Å². The Morgan fingerprint density at radius 2 is 1.48 bits per heavy atom. The molecular formula is C23H22FN3O2. The van der Waals surface area contributed by atoms with Crippen molar-refractivity contribution in [1.82, 2.24) is 10.6 Å². The highest BCUT2D eigenvalue weighted by atomic mass is 19.1. The van der Waals surface area contributed by atoms with Crippen molar-refractivity contribution in [3.63, 3.8) is 0 Å². The van der Waals surface area contributed by atoms with E-state index in [2.05, 4.69) is 16.0 Å². The van der Waals surface area contributed by atoms with Gasteiger partial charge in [0.05, 0.1) is 0 Å². The Balaban J connectivity index is 1.66. The molecule has 0 bridgehead atoms. The molecule has 3 N–H and O–H groups in total. The molecule has 0 saturated heterocycles. The molecule has 0 radical (unpaired) electrons. The van der Waals surface area contributed by atoms with Gasteiger partial charge in [-0.15, -0.1) is 0 Å². The van der Waals surface area contributed by atoms with E-state index < -0.39 is 17.9 Å². The Labute approximate surface area is 169 Å². The number of rotatable bonds is 7. The first-order chi connectivity index (χ1) is 14.1. The highest BCUT2D eigenvalue weighted by molar-refractivity contribution is 5.93. The standard InChI is InChI=1S/C23H22FN3O2/c24-19-12-7-13-20(15-19)26-23(29)27-21(14-17-8-3-1-4-9-17)22(28)25-16-18-10-5-2-6-11-18/h1-13,15,21H,14,16H2,(H,25,28)(H2,26,27,29). The van der Waals surface area contributed by atoms with Crippen LogP contribution in [0.25, 0.3) is 0 Å². The van der Waals surface area contributed by atoms with Gasteiger partial charge >= 0.3 is 6.03 Å². The van der Waals surface area contributed by atoms with Crippen LogP contribution in [0, 0.1) is 5.82 Å². The summed E-state index contributed by atoms with van der Waals surface area (Å²) < 4.78 is 13.3. The number of hydrogen-bond donors (Lipinski definition) is 3. The minimum atomic E-state index is -0.783. The number of halogens is 1. The van der Waals surface area contributed by atoms with Gasteiger partial charge in [-0.2, -0.15) is 0 Å². The number of benzene rings is 3. The van der Waals surface area contributed by atoms with Crippen molar-refractivity contribution in [3.05, 3.63) is 102 Å². The summed E-state index contributed by atoms with van der Waals surface area (Å²) in [6, 6.07) is 23.2. The molecule has 0 aromatic heterocycles. The molecule has 0 saturated carbocycles. The molecule has 3 aromatic rings. The fourth-order valence-electron chi connectivity index (χ4n) is 2.86. The van der Waals surface area contributed by atoms with E-state index in [1.165, 1.54) is 18.2 Å². The zero-order chi connectivity index (χ0) is 20.5. The van der Waals surface area contributed by atoms with Crippen LogP contribution in [0.2, 0.25) is 0 Å². The molecule has 0 spiro atoms. The maximum atomic E-state index is 13.3. The minimum absolute atomic E-state index is 0.299. The van der Waals surface area contributed by atoms with Crippen LogP contribution in [0.5, 0.6) is 0 Å². The molecule has 3 amide bonds. The van der Waals surface area contributed by atoms with Gasteiger partial charge < -0.3 is 16.0 Å². The van der Waals surface area contributed by atoms with E-state index in [-0.39, 0.29) is 5.91 Å². The lowest BCUT2D eigenvalue weighted by molar-refractivity contribution is -0.123. The summed E-state index contributed by atoms with van der Waals surface area (Å²) in [6.07, 6.45) is 0.331. The topological polar surface area (TPSA) is 70.2 Å². The molecule has 0 aliphatic heterocycles. The Morgan fingerprint density at radius 3 is 2.14 bits per heavy atom. The molecule has 6 heteroatoms. The maximum Gasteiger partial charge on any atom is 0.319 e. The van der Waals surface area contributed by atoms with Crippen molar-refractivity contribution in [1.29, 1.82) is 0 Å². The molecule has 3 aromatic carbocycles. The van der Waals surface area contributed by atoms with Crippen molar-refractivity contribution in [3.8, 4) is 0 Å². The highest BCUT2D eigenvalue weighted by Crippen LogP contribution is 2.10. The van der Waals surface area contributed by atoms with Crippen LogP contribution in [0.3, 0.4) is 0 Å². The summed E-state index contributed by atoms with van der Waals surface area (Å²) in [6.45, 7) is 0.359. The number of anilines is 1. The summed E-state index contributed by atoms with van der Waals surface area (Å²) in [5.74, 6) is -0.753. The molecular weight excluding hydrogens is 369 g/mol. The zero-order valence-electron chi connectivity index (χ0n) is 15.8. The van der Waals surface area contributed by atoms with E-state index in [0.717, 1.165) is 11.1 Å². The predicted octanol–water partition coefficient (Wildman–Crippen LogP) is 3.87. The van der Waals surface area contributed by atoms with E-state index in [0.29, 0.717) is 18.7 Å². The highest BCUT2D eigenvalue weighted by Gasteiger charge is 2.21. The van der Waals surface area contributed by atoms with Crippen molar-refractivity contribution in [2.75, 3.05) is 5.32 Å². The van der Waals surface area contributed by atoms with Gasteiger partial charge in [0.2, 0.25) is 5.91 Å². The molecule has 0 aliphatic carbocycles. The molecule has 0 heterocycles. The molecule has 29 heavy (non-hydrogen) atoms. The third-order valence-corrected chi connectivity index (χ3v) is 4.30. The van der Waals surface area contributed by atoms with Gasteiger partial charge in [-0.3, -0.25) is 4.79 Å². The maximum absolute atomic E-state index is 13.3. The van der Waals surface area contributed by atoms with E-state index in [1.54, 1.807) is 6.07 Å². The van der Waals surface area contributed by atoms with Gasteiger partial charge in [-0.25, -0.2) is 9.18 Å². The molecule has 1 unspecified atom stereocenters. The Morgan fingerprint density at radius 1 is 0.828 bits per heavy atom. The SMILES string of the molecule is O=C(Nc1cccc(F)c1)NC(Cc1ccccc1)C(=O)NCc1ccccc1. The van der Waals surface area contributed by atoms with Crippen LogP contribution in [0.4, 0.5) is 14.9 Å². The Bertz CT molecular complexity index is 949. The van der Waals surface area contributed by atoms with E-state index in [9.17, 15) is 14.0 Å². The number of nitrogens with one attached hydrogen (secondary N) is 3. The summed E-state index contributed by atoms with van der Waals surface area (Å²) in [4.78, 5) is 25.1. The smallest absolute Gasteiger partial charge is 0.319 e. The fourth-order valence-corrected chi connectivity index (χ4v) is 2.86. The quantitative estimate of drug-likeness (QED) is 0.572. The van der Waals surface area contributed by atoms with E-state index >= 15 is 0 Å². The summed E-state index contributed by atoms with van der Waals surface area (Å²) in [5.41, 5.74) is 2.19. The molecule has 0 fully saturated rings. The average Bonchev–Trinajstić information content (AvgIpc) is 2.73. The van der Waals surface area contributed by atoms with Gasteiger partial charge in [-0.05, 0) is 29.3 Å². The normalized spacial score (nSPS) is 11.3. The first-order valence-electron chi connectivity index (χ1n) is 9.29. The molecule has 5 nitrogen and oxygen atoms in total. The van der Waals surface area contributed by atoms with Gasteiger partial charge in [-0.1, -0.05) is 66.7 Å². The van der Waals surface area contributed by atoms with E-state index in [4.69, 9.17) is 0 Å². The average molecular weight is 391 g/mol. The molecule has 1 atom stereocenters. The number of hydrogen-bond acceptors (Lipinski definition) is 2. The molecule has 3 rings (SSSR count). The lowest BCUT2D eigenvalue weighted by Gasteiger charge is -2.19. The number of carbonyl (C=O) groups is 2. The molecule has 148 valence electrons. The second kappa shape index (κ2) is 10.0. The lowest BCUT2D eigenvalue weighted by Crippen LogP contribution is -2.49. The van der Waals surface area contributed by atoms with Crippen molar-refractivity contribution in [2.24, 2.45) is 0 Å². The third kappa shape index (κ3) is 6.46. The van der Waals surface area contributed by atoms with Gasteiger partial charge in [0, 0.05) is 18.7 Å². The van der Waals surface area contributed by atoms with Crippen molar-refractivity contribution in [2.45, 2.75) is 19.0 Å². The lowest BCUT2D eigenvalue weighted by atomic mass is 10.1. The third-order valence-electron chi connectivity index (χ3n) is 4.30. The van der Waals surface area contributed by atoms with Gasteiger partial charge in [0.15, 0.2) is 0 Å². The first-order valence-corrected chi connectivity index (χ1v) is 9.29. The summed E-state index contributed by atoms with van der Waals surface area (Å²) >= 11 is 0. The zero-order valence-corrected chi connectivity index (χ0v) is 15.8. The number of urea groups is 1. The van der Waals surface area contributed by atoms with Gasteiger partial charge in [0.25, 0.3) is 0 Å². The number of carbonyl (C=O) groups excluding carboxylic acids is 2. The van der Waals surface area contributed by atoms with Crippen LogP contribution in [-0.4, -0.2) is 18.0 Å². The van der Waals surface area contributed by atoms with Crippen molar-refractivity contribution >= 4 is 17.6 Å². The van der Waals surface area contributed by atoms with Crippen LogP contribution in [0.15, 0.2) is 84.9 Å². The largest absolute Gasteiger partial charge is 0.350 e.